The zero-order valence-electron chi connectivity index (χ0n) is 17.9. The lowest BCUT2D eigenvalue weighted by atomic mass is 9.72. The van der Waals surface area contributed by atoms with E-state index < -0.39 is 5.54 Å². The molecule has 0 saturated carbocycles. The highest BCUT2D eigenvalue weighted by Crippen LogP contribution is 2.51. The van der Waals surface area contributed by atoms with E-state index in [0.717, 1.165) is 33.7 Å². The van der Waals surface area contributed by atoms with Gasteiger partial charge in [-0.25, -0.2) is 9.40 Å². The smallest absolute Gasteiger partial charge is 0.192 e. The molecule has 4 aromatic rings. The maximum absolute atomic E-state index is 14.2. The van der Waals surface area contributed by atoms with E-state index in [-0.39, 0.29) is 17.5 Å². The molecule has 0 N–H and O–H groups in total. The third kappa shape index (κ3) is 2.94. The first-order chi connectivity index (χ1) is 16.2. The van der Waals surface area contributed by atoms with Gasteiger partial charge in [0, 0.05) is 12.0 Å². The second-order valence-electron chi connectivity index (χ2n) is 8.57. The van der Waals surface area contributed by atoms with Crippen LogP contribution in [-0.2, 0) is 6.42 Å². The largest absolute Gasteiger partial charge is 0.291 e. The van der Waals surface area contributed by atoms with Crippen LogP contribution in [0.5, 0.6) is 0 Å². The Hall–Kier alpha value is -4.05. The van der Waals surface area contributed by atoms with Crippen molar-refractivity contribution in [3.63, 3.8) is 0 Å². The van der Waals surface area contributed by atoms with E-state index in [1.165, 1.54) is 12.1 Å². The summed E-state index contributed by atoms with van der Waals surface area (Å²) in [5, 5.41) is 7.02. The van der Waals surface area contributed by atoms with Crippen LogP contribution in [0.3, 0.4) is 0 Å². The van der Waals surface area contributed by atoms with Gasteiger partial charge in [-0.2, -0.15) is 5.10 Å². The van der Waals surface area contributed by atoms with Crippen molar-refractivity contribution >= 4 is 17.2 Å². The van der Waals surface area contributed by atoms with Crippen molar-refractivity contribution in [3.8, 4) is 0 Å². The first-order valence-electron chi connectivity index (χ1n) is 11.1. The van der Waals surface area contributed by atoms with Gasteiger partial charge < -0.3 is 0 Å². The number of carbonyl (C=O) groups is 1. The fourth-order valence-corrected chi connectivity index (χ4v) is 5.29. The average molecular weight is 432 g/mol. The number of benzene rings is 4. The van der Waals surface area contributed by atoms with Crippen molar-refractivity contribution in [2.45, 2.75) is 17.9 Å². The summed E-state index contributed by atoms with van der Waals surface area (Å²) in [6.45, 7) is 0. The van der Waals surface area contributed by atoms with Gasteiger partial charge in [-0.1, -0.05) is 84.9 Å². The van der Waals surface area contributed by atoms with Crippen molar-refractivity contribution in [1.82, 2.24) is 0 Å². The molecule has 0 amide bonds. The Labute approximate surface area is 191 Å². The fraction of sp³-hybridized carbons (Fsp3) is 0.103. The lowest BCUT2D eigenvalue weighted by molar-refractivity contribution is 0.0899. The molecule has 2 aliphatic rings. The Morgan fingerprint density at radius 3 is 2.12 bits per heavy atom. The number of para-hydroxylation sites is 1. The Morgan fingerprint density at radius 2 is 1.42 bits per heavy atom. The minimum absolute atomic E-state index is 0.0472. The third-order valence-corrected chi connectivity index (χ3v) is 6.73. The van der Waals surface area contributed by atoms with Crippen LogP contribution in [0.15, 0.2) is 114 Å². The van der Waals surface area contributed by atoms with Crippen LogP contribution in [-0.4, -0.2) is 17.0 Å². The van der Waals surface area contributed by atoms with Crippen molar-refractivity contribution in [3.05, 3.63) is 137 Å². The van der Waals surface area contributed by atoms with Gasteiger partial charge in [0.2, 0.25) is 0 Å². The number of carbonyl (C=O) groups excluding carboxylic acids is 1. The van der Waals surface area contributed by atoms with E-state index in [1.54, 1.807) is 12.1 Å². The molecule has 0 fully saturated rings. The number of Topliss-reactive ketones (excluding diaryl/α,β-unsaturated/α-hetero) is 1. The van der Waals surface area contributed by atoms with Crippen LogP contribution in [0.2, 0.25) is 0 Å². The van der Waals surface area contributed by atoms with Gasteiger partial charge in [-0.05, 0) is 41.0 Å². The van der Waals surface area contributed by atoms with Crippen LogP contribution in [0.25, 0.3) is 0 Å². The number of halogens is 1. The van der Waals surface area contributed by atoms with Crippen molar-refractivity contribution in [2.24, 2.45) is 5.10 Å². The Kier molecular flexibility index (Phi) is 4.47. The van der Waals surface area contributed by atoms with E-state index in [4.69, 9.17) is 5.10 Å². The summed E-state index contributed by atoms with van der Waals surface area (Å²) < 4.78 is 13.9. The second kappa shape index (κ2) is 7.52. The van der Waals surface area contributed by atoms with Gasteiger partial charge in [0.25, 0.3) is 0 Å². The van der Waals surface area contributed by atoms with Crippen molar-refractivity contribution in [2.75, 3.05) is 5.01 Å². The van der Waals surface area contributed by atoms with E-state index in [9.17, 15) is 9.18 Å². The molecule has 33 heavy (non-hydrogen) atoms. The summed E-state index contributed by atoms with van der Waals surface area (Å²) in [4.78, 5) is 14.2. The summed E-state index contributed by atoms with van der Waals surface area (Å²) in [6.07, 6.45) is 0.527. The quantitative estimate of drug-likeness (QED) is 0.397. The molecule has 0 aromatic heterocycles. The van der Waals surface area contributed by atoms with E-state index in [1.807, 2.05) is 89.9 Å². The van der Waals surface area contributed by atoms with Crippen LogP contribution in [0.1, 0.15) is 33.0 Å². The SMILES string of the molecule is O=C1c2ccccc2C[C@]12[C@@H](c1ccc(F)cc1)C(c1ccccc1)=NN2c1ccccc1. The van der Waals surface area contributed by atoms with Gasteiger partial charge >= 0.3 is 0 Å². The summed E-state index contributed by atoms with van der Waals surface area (Å²) >= 11 is 0. The predicted octanol–water partition coefficient (Wildman–Crippen LogP) is 6.01. The Balaban J connectivity index is 1.63. The van der Waals surface area contributed by atoms with Gasteiger partial charge in [-0.15, -0.1) is 0 Å². The van der Waals surface area contributed by atoms with Crippen molar-refractivity contribution < 1.29 is 9.18 Å². The zero-order valence-corrected chi connectivity index (χ0v) is 17.9. The van der Waals surface area contributed by atoms with Crippen molar-refractivity contribution in [1.29, 1.82) is 0 Å². The van der Waals surface area contributed by atoms with E-state index >= 15 is 0 Å². The Morgan fingerprint density at radius 1 is 0.788 bits per heavy atom. The molecule has 160 valence electrons. The predicted molar refractivity (Wildman–Crippen MR) is 128 cm³/mol. The van der Waals surface area contributed by atoms with Crippen LogP contribution >= 0.6 is 0 Å². The number of hydrogen-bond donors (Lipinski definition) is 0. The fourth-order valence-electron chi connectivity index (χ4n) is 5.29. The van der Waals surface area contributed by atoms with Gasteiger partial charge in [-0.3, -0.25) is 4.79 Å². The highest BCUT2D eigenvalue weighted by molar-refractivity contribution is 6.19. The standard InChI is InChI=1S/C29H21FN2O/c30-23-17-15-20(16-18-23)26-27(21-9-3-1-4-10-21)31-32(24-12-5-2-6-13-24)29(26)19-22-11-7-8-14-25(22)28(29)33/h1-18,26H,19H2/t26-,29-/m0/s1. The molecule has 0 unspecified atom stereocenters. The summed E-state index contributed by atoms with van der Waals surface area (Å²) in [7, 11) is 0. The molecule has 1 aliphatic heterocycles. The maximum atomic E-state index is 14.2. The third-order valence-electron chi connectivity index (χ3n) is 6.73. The normalized spacial score (nSPS) is 21.4. The number of rotatable bonds is 3. The molecule has 0 bridgehead atoms. The number of ketones is 1. The summed E-state index contributed by atoms with van der Waals surface area (Å²) in [5.74, 6) is -0.614. The minimum atomic E-state index is -0.964. The number of hydrogen-bond acceptors (Lipinski definition) is 3. The molecule has 3 nitrogen and oxygen atoms in total. The van der Waals surface area contributed by atoms with Gasteiger partial charge in [0.05, 0.1) is 17.3 Å². The molecule has 6 rings (SSSR count). The molecule has 0 saturated heterocycles. The number of fused-ring (bicyclic) bond motifs is 1. The minimum Gasteiger partial charge on any atom is -0.291 e. The van der Waals surface area contributed by atoms with Crippen LogP contribution in [0, 0.1) is 5.82 Å². The zero-order chi connectivity index (χ0) is 22.4. The molecular formula is C29H21FN2O. The first kappa shape index (κ1) is 19.6. The molecule has 1 heterocycles. The molecule has 2 atom stereocenters. The number of anilines is 1. The lowest BCUT2D eigenvalue weighted by Crippen LogP contribution is -2.53. The second-order valence-corrected chi connectivity index (χ2v) is 8.57. The average Bonchev–Trinajstić information content (AvgIpc) is 3.36. The molecular weight excluding hydrogens is 411 g/mol. The molecule has 1 aliphatic carbocycles. The summed E-state index contributed by atoms with van der Waals surface area (Å²) in [5.41, 5.74) is 4.28. The highest BCUT2D eigenvalue weighted by atomic mass is 19.1. The highest BCUT2D eigenvalue weighted by Gasteiger charge is 2.61. The van der Waals surface area contributed by atoms with Crippen LogP contribution < -0.4 is 5.01 Å². The molecule has 0 radical (unpaired) electrons. The topological polar surface area (TPSA) is 32.7 Å². The van der Waals surface area contributed by atoms with Crippen LogP contribution in [0.4, 0.5) is 10.1 Å². The Bertz CT molecular complexity index is 1370. The lowest BCUT2D eigenvalue weighted by Gasteiger charge is -2.37. The van der Waals surface area contributed by atoms with E-state index in [0.29, 0.717) is 6.42 Å². The first-order valence-corrected chi connectivity index (χ1v) is 11.1. The summed E-state index contributed by atoms with van der Waals surface area (Å²) in [6, 6.07) is 34.1. The maximum Gasteiger partial charge on any atom is 0.192 e. The molecule has 4 heteroatoms. The molecule has 4 aromatic carbocycles. The number of hydrazone groups is 1. The van der Waals surface area contributed by atoms with Gasteiger partial charge in [0.15, 0.2) is 5.78 Å². The van der Waals surface area contributed by atoms with Gasteiger partial charge in [0.1, 0.15) is 11.4 Å². The monoisotopic (exact) mass is 432 g/mol. The number of nitrogens with zero attached hydrogens (tertiary/aromatic N) is 2. The molecule has 1 spiro atoms. The van der Waals surface area contributed by atoms with E-state index in [2.05, 4.69) is 0 Å².